The van der Waals surface area contributed by atoms with Gasteiger partial charge in [-0.05, 0) is 48.9 Å². The first-order chi connectivity index (χ1) is 13.1. The Morgan fingerprint density at radius 2 is 1.78 bits per heavy atom. The summed E-state index contributed by atoms with van der Waals surface area (Å²) in [6.45, 7) is 1.87. The molecule has 0 unspecified atom stereocenters. The van der Waals surface area contributed by atoms with Gasteiger partial charge in [0.2, 0.25) is 0 Å². The van der Waals surface area contributed by atoms with Crippen molar-refractivity contribution in [3.8, 4) is 11.4 Å². The van der Waals surface area contributed by atoms with Gasteiger partial charge in [-0.25, -0.2) is 18.7 Å². The summed E-state index contributed by atoms with van der Waals surface area (Å²) < 4.78 is 26.8. The molecule has 0 radical (unpaired) electrons. The molecule has 1 atom stereocenters. The first-order valence-electron chi connectivity index (χ1n) is 8.50. The predicted molar refractivity (Wildman–Crippen MR) is 101 cm³/mol. The van der Waals surface area contributed by atoms with Gasteiger partial charge in [0.05, 0.1) is 11.6 Å². The molecule has 2 aromatic heterocycles. The van der Waals surface area contributed by atoms with Gasteiger partial charge in [0.25, 0.3) is 0 Å². The average Bonchev–Trinajstić information content (AvgIpc) is 2.70. The third-order valence-corrected chi connectivity index (χ3v) is 4.32. The minimum absolute atomic E-state index is 0.278. The monoisotopic (exact) mass is 362 g/mol. The van der Waals surface area contributed by atoms with Gasteiger partial charge in [0, 0.05) is 23.3 Å². The maximum atomic E-state index is 13.6. The van der Waals surface area contributed by atoms with Crippen LogP contribution < -0.4 is 5.32 Å². The second kappa shape index (κ2) is 7.07. The maximum absolute atomic E-state index is 13.6. The van der Waals surface area contributed by atoms with Crippen molar-refractivity contribution in [1.29, 1.82) is 0 Å². The van der Waals surface area contributed by atoms with E-state index in [1.165, 1.54) is 6.07 Å². The van der Waals surface area contributed by atoms with Crippen molar-refractivity contribution in [2.24, 2.45) is 0 Å². The second-order valence-electron chi connectivity index (χ2n) is 6.19. The van der Waals surface area contributed by atoms with Gasteiger partial charge < -0.3 is 5.32 Å². The van der Waals surface area contributed by atoms with Crippen molar-refractivity contribution in [3.63, 3.8) is 0 Å². The lowest BCUT2D eigenvalue weighted by atomic mass is 10.1. The molecule has 6 heteroatoms. The van der Waals surface area contributed by atoms with E-state index < -0.39 is 11.6 Å². The fraction of sp³-hybridized carbons (Fsp3) is 0.0952. The minimum Gasteiger partial charge on any atom is -0.363 e. The Labute approximate surface area is 154 Å². The molecule has 0 fully saturated rings. The lowest BCUT2D eigenvalue weighted by Gasteiger charge is -2.17. The van der Waals surface area contributed by atoms with Crippen molar-refractivity contribution in [3.05, 3.63) is 84.2 Å². The van der Waals surface area contributed by atoms with E-state index in [0.717, 1.165) is 22.5 Å². The second-order valence-corrected chi connectivity index (χ2v) is 6.19. The smallest absolute Gasteiger partial charge is 0.163 e. The lowest BCUT2D eigenvalue weighted by Crippen LogP contribution is -2.10. The van der Waals surface area contributed by atoms with E-state index in [4.69, 9.17) is 0 Å². The van der Waals surface area contributed by atoms with Gasteiger partial charge in [-0.15, -0.1) is 0 Å². The van der Waals surface area contributed by atoms with Crippen LogP contribution >= 0.6 is 0 Å². The SMILES string of the molecule is C[C@H](Nc1nc(-c2cccnc2)nc2ccccc12)c1ccc(F)c(F)c1. The van der Waals surface area contributed by atoms with Crippen LogP contribution in [0.2, 0.25) is 0 Å². The van der Waals surface area contributed by atoms with E-state index in [-0.39, 0.29) is 6.04 Å². The third kappa shape index (κ3) is 3.46. The number of aromatic nitrogens is 3. The Morgan fingerprint density at radius 1 is 0.926 bits per heavy atom. The summed E-state index contributed by atoms with van der Waals surface area (Å²) in [4.78, 5) is 13.4. The number of para-hydroxylation sites is 1. The summed E-state index contributed by atoms with van der Waals surface area (Å²) in [6.07, 6.45) is 3.39. The van der Waals surface area contributed by atoms with Gasteiger partial charge in [-0.2, -0.15) is 0 Å². The number of halogens is 2. The normalized spacial score (nSPS) is 12.1. The highest BCUT2D eigenvalue weighted by Gasteiger charge is 2.14. The molecule has 0 saturated heterocycles. The molecular weight excluding hydrogens is 346 g/mol. The number of benzene rings is 2. The first kappa shape index (κ1) is 17.0. The van der Waals surface area contributed by atoms with E-state index >= 15 is 0 Å². The fourth-order valence-electron chi connectivity index (χ4n) is 2.88. The van der Waals surface area contributed by atoms with Gasteiger partial charge in [0.1, 0.15) is 5.82 Å². The number of anilines is 1. The van der Waals surface area contributed by atoms with Crippen molar-refractivity contribution in [2.75, 3.05) is 5.32 Å². The summed E-state index contributed by atoms with van der Waals surface area (Å²) in [5.41, 5.74) is 2.21. The molecular formula is C21H16F2N4. The summed E-state index contributed by atoms with van der Waals surface area (Å²) in [5, 5.41) is 4.14. The molecule has 4 rings (SSSR count). The van der Waals surface area contributed by atoms with Crippen molar-refractivity contribution in [1.82, 2.24) is 15.0 Å². The van der Waals surface area contributed by atoms with E-state index in [2.05, 4.69) is 20.3 Å². The van der Waals surface area contributed by atoms with Gasteiger partial charge >= 0.3 is 0 Å². The number of rotatable bonds is 4. The Morgan fingerprint density at radius 3 is 2.56 bits per heavy atom. The predicted octanol–water partition coefficient (Wildman–Crippen LogP) is 5.14. The standard InChI is InChI=1S/C21H16F2N4/c1-13(14-8-9-17(22)18(23)11-14)25-21-16-6-2-3-7-19(16)26-20(27-21)15-5-4-10-24-12-15/h2-13H,1H3,(H,25,26,27)/t13-/m0/s1. The Hall–Kier alpha value is -3.41. The zero-order valence-corrected chi connectivity index (χ0v) is 14.5. The molecule has 1 N–H and O–H groups in total. The summed E-state index contributed by atoms with van der Waals surface area (Å²) in [5.74, 6) is -0.569. The van der Waals surface area contributed by atoms with Gasteiger partial charge in [-0.1, -0.05) is 18.2 Å². The zero-order chi connectivity index (χ0) is 18.8. The summed E-state index contributed by atoms with van der Waals surface area (Å²) in [6, 6.07) is 15.0. The third-order valence-electron chi connectivity index (χ3n) is 4.32. The van der Waals surface area contributed by atoms with Crippen LogP contribution in [-0.4, -0.2) is 15.0 Å². The molecule has 0 saturated carbocycles. The number of nitrogens with zero attached hydrogens (tertiary/aromatic N) is 3. The number of fused-ring (bicyclic) bond motifs is 1. The van der Waals surface area contributed by atoms with Crippen LogP contribution in [0.15, 0.2) is 67.0 Å². The molecule has 0 aliphatic heterocycles. The molecule has 0 bridgehead atoms. The van der Waals surface area contributed by atoms with Gasteiger partial charge in [0.15, 0.2) is 17.5 Å². The summed E-state index contributed by atoms with van der Waals surface area (Å²) in [7, 11) is 0. The molecule has 0 amide bonds. The quantitative estimate of drug-likeness (QED) is 0.546. The average molecular weight is 362 g/mol. The number of pyridine rings is 1. The molecule has 27 heavy (non-hydrogen) atoms. The van der Waals surface area contributed by atoms with Crippen LogP contribution in [0.3, 0.4) is 0 Å². The molecule has 0 aliphatic carbocycles. The number of hydrogen-bond donors (Lipinski definition) is 1. The lowest BCUT2D eigenvalue weighted by molar-refractivity contribution is 0.506. The molecule has 2 aromatic carbocycles. The Kier molecular flexibility index (Phi) is 4.46. The van der Waals surface area contributed by atoms with Crippen molar-refractivity contribution < 1.29 is 8.78 Å². The minimum atomic E-state index is -0.871. The highest BCUT2D eigenvalue weighted by molar-refractivity contribution is 5.90. The zero-order valence-electron chi connectivity index (χ0n) is 14.5. The highest BCUT2D eigenvalue weighted by Crippen LogP contribution is 2.28. The van der Waals surface area contributed by atoms with Crippen LogP contribution in [0.1, 0.15) is 18.5 Å². The molecule has 0 aliphatic rings. The number of hydrogen-bond acceptors (Lipinski definition) is 4. The molecule has 4 aromatic rings. The van der Waals surface area contributed by atoms with E-state index in [1.807, 2.05) is 43.3 Å². The Bertz CT molecular complexity index is 1100. The highest BCUT2D eigenvalue weighted by atomic mass is 19.2. The van der Waals surface area contributed by atoms with Gasteiger partial charge in [-0.3, -0.25) is 4.98 Å². The van der Waals surface area contributed by atoms with E-state index in [1.54, 1.807) is 18.5 Å². The molecule has 134 valence electrons. The van der Waals surface area contributed by atoms with Crippen LogP contribution in [0, 0.1) is 11.6 Å². The topological polar surface area (TPSA) is 50.7 Å². The largest absolute Gasteiger partial charge is 0.363 e. The molecule has 0 spiro atoms. The molecule has 4 nitrogen and oxygen atoms in total. The van der Waals surface area contributed by atoms with E-state index in [0.29, 0.717) is 17.2 Å². The summed E-state index contributed by atoms with van der Waals surface area (Å²) >= 11 is 0. The van der Waals surface area contributed by atoms with Crippen LogP contribution in [0.25, 0.3) is 22.3 Å². The van der Waals surface area contributed by atoms with Crippen molar-refractivity contribution >= 4 is 16.7 Å². The van der Waals surface area contributed by atoms with Crippen LogP contribution in [0.4, 0.5) is 14.6 Å². The van der Waals surface area contributed by atoms with Crippen LogP contribution in [0.5, 0.6) is 0 Å². The fourth-order valence-corrected chi connectivity index (χ4v) is 2.88. The van der Waals surface area contributed by atoms with Crippen LogP contribution in [-0.2, 0) is 0 Å². The maximum Gasteiger partial charge on any atom is 0.163 e. The number of nitrogens with one attached hydrogen (secondary N) is 1. The van der Waals surface area contributed by atoms with Crippen molar-refractivity contribution in [2.45, 2.75) is 13.0 Å². The van der Waals surface area contributed by atoms with E-state index in [9.17, 15) is 8.78 Å². The first-order valence-corrected chi connectivity index (χ1v) is 8.50. The molecule has 2 heterocycles. The Balaban J connectivity index is 1.76.